The van der Waals surface area contributed by atoms with Crippen molar-refractivity contribution in [2.75, 3.05) is 25.1 Å². The van der Waals surface area contributed by atoms with Crippen molar-refractivity contribution in [1.29, 1.82) is 0 Å². The van der Waals surface area contributed by atoms with Gasteiger partial charge in [-0.1, -0.05) is 32.1 Å². The van der Waals surface area contributed by atoms with Crippen LogP contribution in [0.25, 0.3) is 0 Å². The monoisotopic (exact) mass is 237 g/mol. The van der Waals surface area contributed by atoms with Gasteiger partial charge in [-0.25, -0.2) is 0 Å². The molecule has 1 N–H and O–H groups in total. The van der Waals surface area contributed by atoms with Crippen LogP contribution < -0.4 is 5.32 Å². The molecule has 1 rings (SSSR count). The van der Waals surface area contributed by atoms with Crippen LogP contribution in [0.1, 0.15) is 38.5 Å². The summed E-state index contributed by atoms with van der Waals surface area (Å²) in [5, 5.41) is 3.51. The number of nitrogens with one attached hydrogen (secondary N) is 1. The molecule has 0 heterocycles. The van der Waals surface area contributed by atoms with Gasteiger partial charge in [0.05, 0.1) is 0 Å². The first-order chi connectivity index (χ1) is 6.43. The van der Waals surface area contributed by atoms with Gasteiger partial charge in [-0.05, 0) is 25.1 Å². The van der Waals surface area contributed by atoms with E-state index in [1.807, 2.05) is 11.8 Å². The highest BCUT2D eigenvalue weighted by Gasteiger charge is 2.11. The SMILES string of the molecule is CSCCNCCC1CCCCC1.Cl. The molecule has 0 atom stereocenters. The molecule has 14 heavy (non-hydrogen) atoms. The van der Waals surface area contributed by atoms with Gasteiger partial charge in [-0.15, -0.1) is 12.4 Å². The van der Waals surface area contributed by atoms with Crippen LogP contribution >= 0.6 is 24.2 Å². The topological polar surface area (TPSA) is 12.0 Å². The summed E-state index contributed by atoms with van der Waals surface area (Å²) in [5.41, 5.74) is 0. The molecule has 0 aromatic rings. The lowest BCUT2D eigenvalue weighted by molar-refractivity contribution is 0.335. The van der Waals surface area contributed by atoms with Gasteiger partial charge in [-0.2, -0.15) is 11.8 Å². The van der Waals surface area contributed by atoms with Crippen molar-refractivity contribution in [3.05, 3.63) is 0 Å². The van der Waals surface area contributed by atoms with Crippen molar-refractivity contribution in [2.45, 2.75) is 38.5 Å². The summed E-state index contributed by atoms with van der Waals surface area (Å²) in [5.74, 6) is 2.29. The summed E-state index contributed by atoms with van der Waals surface area (Å²) in [4.78, 5) is 0. The molecule has 0 unspecified atom stereocenters. The first-order valence-corrected chi connectivity index (χ1v) is 7.02. The second-order valence-electron chi connectivity index (χ2n) is 4.04. The van der Waals surface area contributed by atoms with Gasteiger partial charge in [0.25, 0.3) is 0 Å². The highest BCUT2D eigenvalue weighted by molar-refractivity contribution is 7.98. The smallest absolute Gasteiger partial charge is 0.00553 e. The molecule has 1 fully saturated rings. The number of thioether (sulfide) groups is 1. The third-order valence-corrected chi connectivity index (χ3v) is 3.55. The minimum Gasteiger partial charge on any atom is -0.316 e. The number of rotatable bonds is 6. The maximum absolute atomic E-state index is 3.51. The zero-order valence-electron chi connectivity index (χ0n) is 9.26. The molecule has 0 aromatic carbocycles. The third kappa shape index (κ3) is 6.97. The van der Waals surface area contributed by atoms with Gasteiger partial charge in [-0.3, -0.25) is 0 Å². The Labute approximate surface area is 99.2 Å². The van der Waals surface area contributed by atoms with E-state index < -0.39 is 0 Å². The normalized spacial score (nSPS) is 17.8. The minimum absolute atomic E-state index is 0. The first kappa shape index (κ1) is 14.6. The summed E-state index contributed by atoms with van der Waals surface area (Å²) in [6.45, 7) is 2.43. The molecule has 1 saturated carbocycles. The molecule has 86 valence electrons. The van der Waals surface area contributed by atoms with E-state index in [0.29, 0.717) is 0 Å². The summed E-state index contributed by atoms with van der Waals surface area (Å²) in [7, 11) is 0. The Balaban J connectivity index is 0.00000169. The van der Waals surface area contributed by atoms with Crippen LogP contribution in [0.3, 0.4) is 0 Å². The van der Waals surface area contributed by atoms with Gasteiger partial charge < -0.3 is 5.32 Å². The summed E-state index contributed by atoms with van der Waals surface area (Å²) >= 11 is 1.93. The van der Waals surface area contributed by atoms with Crippen LogP contribution in [0.15, 0.2) is 0 Å². The Morgan fingerprint density at radius 2 is 1.86 bits per heavy atom. The van der Waals surface area contributed by atoms with E-state index in [2.05, 4.69) is 11.6 Å². The molecule has 1 aliphatic rings. The Morgan fingerprint density at radius 1 is 1.14 bits per heavy atom. The van der Waals surface area contributed by atoms with Crippen LogP contribution in [-0.2, 0) is 0 Å². The van der Waals surface area contributed by atoms with E-state index >= 15 is 0 Å². The largest absolute Gasteiger partial charge is 0.316 e. The second-order valence-corrected chi connectivity index (χ2v) is 5.02. The number of hydrogen-bond donors (Lipinski definition) is 1. The fraction of sp³-hybridized carbons (Fsp3) is 1.00. The van der Waals surface area contributed by atoms with E-state index in [1.54, 1.807) is 0 Å². The van der Waals surface area contributed by atoms with Gasteiger partial charge in [0.15, 0.2) is 0 Å². The predicted molar refractivity (Wildman–Crippen MR) is 69.7 cm³/mol. The third-order valence-electron chi connectivity index (χ3n) is 2.94. The van der Waals surface area contributed by atoms with Gasteiger partial charge in [0.1, 0.15) is 0 Å². The lowest BCUT2D eigenvalue weighted by Crippen LogP contribution is -2.21. The Morgan fingerprint density at radius 3 is 2.50 bits per heavy atom. The Hall–Kier alpha value is 0.600. The average Bonchev–Trinajstić information content (AvgIpc) is 2.19. The van der Waals surface area contributed by atoms with Crippen LogP contribution in [0.2, 0.25) is 0 Å². The zero-order valence-corrected chi connectivity index (χ0v) is 10.9. The molecule has 0 aliphatic heterocycles. The van der Waals surface area contributed by atoms with Gasteiger partial charge >= 0.3 is 0 Å². The van der Waals surface area contributed by atoms with Crippen LogP contribution in [0.5, 0.6) is 0 Å². The Bertz CT molecular complexity index is 116. The summed E-state index contributed by atoms with van der Waals surface area (Å²) in [6, 6.07) is 0. The molecular weight excluding hydrogens is 214 g/mol. The molecule has 0 saturated heterocycles. The average molecular weight is 238 g/mol. The molecule has 0 aromatic heterocycles. The van der Waals surface area contributed by atoms with Crippen molar-refractivity contribution in [3.63, 3.8) is 0 Å². The van der Waals surface area contributed by atoms with E-state index in [4.69, 9.17) is 0 Å². The second kappa shape index (κ2) is 10.1. The number of halogens is 1. The van der Waals surface area contributed by atoms with Crippen LogP contribution in [0, 0.1) is 5.92 Å². The van der Waals surface area contributed by atoms with Gasteiger partial charge in [0, 0.05) is 12.3 Å². The van der Waals surface area contributed by atoms with E-state index in [1.165, 1.54) is 57.4 Å². The fourth-order valence-electron chi connectivity index (χ4n) is 2.08. The van der Waals surface area contributed by atoms with Crippen molar-refractivity contribution in [3.8, 4) is 0 Å². The lowest BCUT2D eigenvalue weighted by atomic mass is 9.87. The standard InChI is InChI=1S/C11H23NS.ClH/c1-13-10-9-12-8-7-11-5-3-2-4-6-11;/h11-12H,2-10H2,1H3;1H. The molecule has 0 radical (unpaired) electrons. The Kier molecular flexibility index (Phi) is 10.6. The van der Waals surface area contributed by atoms with Crippen LogP contribution in [-0.4, -0.2) is 25.1 Å². The molecule has 3 heteroatoms. The summed E-state index contributed by atoms with van der Waals surface area (Å²) < 4.78 is 0. The minimum atomic E-state index is 0. The molecule has 0 amide bonds. The first-order valence-electron chi connectivity index (χ1n) is 5.63. The van der Waals surface area contributed by atoms with Gasteiger partial charge in [0.2, 0.25) is 0 Å². The van der Waals surface area contributed by atoms with Crippen molar-refractivity contribution in [1.82, 2.24) is 5.32 Å². The van der Waals surface area contributed by atoms with Crippen LogP contribution in [0.4, 0.5) is 0 Å². The quantitative estimate of drug-likeness (QED) is 0.712. The van der Waals surface area contributed by atoms with E-state index in [-0.39, 0.29) is 12.4 Å². The summed E-state index contributed by atoms with van der Waals surface area (Å²) in [6.07, 6.45) is 11.0. The molecule has 0 bridgehead atoms. The number of hydrogen-bond acceptors (Lipinski definition) is 2. The molecule has 1 aliphatic carbocycles. The molecule has 1 nitrogen and oxygen atoms in total. The highest BCUT2D eigenvalue weighted by Crippen LogP contribution is 2.25. The van der Waals surface area contributed by atoms with Crippen molar-refractivity contribution < 1.29 is 0 Å². The lowest BCUT2D eigenvalue weighted by Gasteiger charge is -2.21. The van der Waals surface area contributed by atoms with Crippen molar-refractivity contribution in [2.24, 2.45) is 5.92 Å². The fourth-order valence-corrected chi connectivity index (χ4v) is 2.43. The van der Waals surface area contributed by atoms with E-state index in [0.717, 1.165) is 5.92 Å². The molecule has 0 spiro atoms. The van der Waals surface area contributed by atoms with E-state index in [9.17, 15) is 0 Å². The predicted octanol–water partition coefficient (Wildman–Crippen LogP) is 3.33. The van der Waals surface area contributed by atoms with Crippen molar-refractivity contribution >= 4 is 24.2 Å². The molecular formula is C11H24ClNS. The highest BCUT2D eigenvalue weighted by atomic mass is 35.5. The maximum atomic E-state index is 3.51. The zero-order chi connectivity index (χ0) is 9.36. The maximum Gasteiger partial charge on any atom is 0.00553 e.